The van der Waals surface area contributed by atoms with E-state index < -0.39 is 5.97 Å². The van der Waals surface area contributed by atoms with E-state index >= 15 is 0 Å². The van der Waals surface area contributed by atoms with Gasteiger partial charge in [-0.3, -0.25) is 9.36 Å². The number of thiazole rings is 1. The fraction of sp³-hybridized carbons (Fsp3) is 0.385. The number of aryl methyl sites for hydroxylation is 2. The summed E-state index contributed by atoms with van der Waals surface area (Å²) >= 11 is 1.53. The van der Waals surface area contributed by atoms with Crippen LogP contribution in [0.3, 0.4) is 0 Å². The number of carboxylic acids is 1. The molecule has 0 spiro atoms. The second-order valence-electron chi connectivity index (χ2n) is 4.44. The van der Waals surface area contributed by atoms with Gasteiger partial charge in [-0.1, -0.05) is 0 Å². The highest BCUT2D eigenvalue weighted by molar-refractivity contribution is 7.09. The molecule has 2 aromatic rings. The minimum atomic E-state index is -0.928. The standard InChI is InChI=1S/C13H15N3O3S/c1-8-10(7-12(17)18)9(2)16(13(19)15-8)5-3-11-14-4-6-20-11/h4,6H,3,5,7H2,1-2H3,(H,17,18). The summed E-state index contributed by atoms with van der Waals surface area (Å²) in [5.41, 5.74) is 1.42. The fourth-order valence-corrected chi connectivity index (χ4v) is 2.70. The first-order chi connectivity index (χ1) is 9.49. The zero-order chi connectivity index (χ0) is 14.7. The molecule has 0 radical (unpaired) electrons. The third kappa shape index (κ3) is 3.11. The lowest BCUT2D eigenvalue weighted by Crippen LogP contribution is -2.29. The van der Waals surface area contributed by atoms with Crippen LogP contribution < -0.4 is 5.69 Å². The lowest BCUT2D eigenvalue weighted by Gasteiger charge is -2.13. The Bertz CT molecular complexity index is 677. The van der Waals surface area contributed by atoms with Gasteiger partial charge in [-0.2, -0.15) is 4.98 Å². The van der Waals surface area contributed by atoms with Gasteiger partial charge in [0.25, 0.3) is 0 Å². The van der Waals surface area contributed by atoms with Crippen LogP contribution in [0.5, 0.6) is 0 Å². The van der Waals surface area contributed by atoms with Crippen LogP contribution in [0.2, 0.25) is 0 Å². The van der Waals surface area contributed by atoms with Crippen LogP contribution in [-0.4, -0.2) is 25.6 Å². The van der Waals surface area contributed by atoms with E-state index in [-0.39, 0.29) is 12.1 Å². The van der Waals surface area contributed by atoms with E-state index in [2.05, 4.69) is 9.97 Å². The molecule has 0 aliphatic carbocycles. The Morgan fingerprint density at radius 1 is 1.45 bits per heavy atom. The maximum Gasteiger partial charge on any atom is 0.347 e. The molecular weight excluding hydrogens is 278 g/mol. The maximum absolute atomic E-state index is 11.9. The van der Waals surface area contributed by atoms with Crippen molar-refractivity contribution in [3.63, 3.8) is 0 Å². The zero-order valence-electron chi connectivity index (χ0n) is 11.3. The zero-order valence-corrected chi connectivity index (χ0v) is 12.1. The quantitative estimate of drug-likeness (QED) is 0.895. The molecule has 0 saturated heterocycles. The van der Waals surface area contributed by atoms with Gasteiger partial charge in [0.05, 0.1) is 11.4 Å². The molecule has 20 heavy (non-hydrogen) atoms. The topological polar surface area (TPSA) is 85.1 Å². The average Bonchev–Trinajstić information content (AvgIpc) is 2.87. The Kier molecular flexibility index (Phi) is 4.29. The summed E-state index contributed by atoms with van der Waals surface area (Å²) in [6.45, 7) is 3.88. The van der Waals surface area contributed by atoms with Crippen molar-refractivity contribution in [2.75, 3.05) is 0 Å². The van der Waals surface area contributed by atoms with Gasteiger partial charge in [-0.25, -0.2) is 9.78 Å². The summed E-state index contributed by atoms with van der Waals surface area (Å²) in [6, 6.07) is 0. The molecule has 0 atom stereocenters. The van der Waals surface area contributed by atoms with Crippen molar-refractivity contribution in [1.29, 1.82) is 0 Å². The number of aromatic nitrogens is 3. The highest BCUT2D eigenvalue weighted by Crippen LogP contribution is 2.12. The summed E-state index contributed by atoms with van der Waals surface area (Å²) in [7, 11) is 0. The highest BCUT2D eigenvalue weighted by atomic mass is 32.1. The first-order valence-corrected chi connectivity index (χ1v) is 7.04. The smallest absolute Gasteiger partial charge is 0.347 e. The molecule has 7 heteroatoms. The van der Waals surface area contributed by atoms with Crippen molar-refractivity contribution < 1.29 is 9.90 Å². The lowest BCUT2D eigenvalue weighted by atomic mass is 10.1. The first kappa shape index (κ1) is 14.4. The Morgan fingerprint density at radius 3 is 2.80 bits per heavy atom. The van der Waals surface area contributed by atoms with Crippen molar-refractivity contribution >= 4 is 17.3 Å². The highest BCUT2D eigenvalue weighted by Gasteiger charge is 2.14. The molecule has 0 aromatic carbocycles. The number of carboxylic acid groups (broad SMARTS) is 1. The van der Waals surface area contributed by atoms with Crippen molar-refractivity contribution in [1.82, 2.24) is 14.5 Å². The van der Waals surface area contributed by atoms with Crippen LogP contribution in [0.25, 0.3) is 0 Å². The molecule has 0 fully saturated rings. The number of hydrogen-bond acceptors (Lipinski definition) is 5. The van der Waals surface area contributed by atoms with Crippen LogP contribution in [0.4, 0.5) is 0 Å². The van der Waals surface area contributed by atoms with Crippen LogP contribution in [-0.2, 0) is 24.2 Å². The largest absolute Gasteiger partial charge is 0.481 e. The monoisotopic (exact) mass is 293 g/mol. The van der Waals surface area contributed by atoms with E-state index in [1.54, 1.807) is 20.0 Å². The number of carbonyl (C=O) groups is 1. The van der Waals surface area contributed by atoms with Crippen LogP contribution in [0.1, 0.15) is 22.0 Å². The first-order valence-electron chi connectivity index (χ1n) is 6.16. The normalized spacial score (nSPS) is 10.7. The van der Waals surface area contributed by atoms with Crippen LogP contribution in [0.15, 0.2) is 16.4 Å². The summed E-state index contributed by atoms with van der Waals surface area (Å²) in [5.74, 6) is -0.928. The number of aliphatic carboxylic acids is 1. The van der Waals surface area contributed by atoms with Gasteiger partial charge in [-0.05, 0) is 13.8 Å². The molecule has 0 unspecified atom stereocenters. The molecular formula is C13H15N3O3S. The molecule has 0 bridgehead atoms. The van der Waals surface area contributed by atoms with Gasteiger partial charge in [0, 0.05) is 41.5 Å². The summed E-state index contributed by atoms with van der Waals surface area (Å²) in [4.78, 5) is 30.9. The predicted molar refractivity (Wildman–Crippen MR) is 75.1 cm³/mol. The van der Waals surface area contributed by atoms with Crippen molar-refractivity contribution in [2.45, 2.75) is 33.2 Å². The molecule has 0 saturated carbocycles. The van der Waals surface area contributed by atoms with E-state index in [1.165, 1.54) is 15.9 Å². The van der Waals surface area contributed by atoms with E-state index in [4.69, 9.17) is 5.11 Å². The Labute approximate surface area is 119 Å². The number of rotatable bonds is 5. The van der Waals surface area contributed by atoms with Gasteiger partial charge >= 0.3 is 11.7 Å². The van der Waals surface area contributed by atoms with Gasteiger partial charge in [0.2, 0.25) is 0 Å². The fourth-order valence-electron chi connectivity index (χ4n) is 2.09. The molecule has 6 nitrogen and oxygen atoms in total. The molecule has 106 valence electrons. The van der Waals surface area contributed by atoms with Crippen LogP contribution >= 0.6 is 11.3 Å². The third-order valence-electron chi connectivity index (χ3n) is 3.13. The maximum atomic E-state index is 11.9. The summed E-state index contributed by atoms with van der Waals surface area (Å²) in [6.07, 6.45) is 2.23. The van der Waals surface area contributed by atoms with E-state index in [9.17, 15) is 9.59 Å². The minimum Gasteiger partial charge on any atom is -0.481 e. The molecule has 2 aromatic heterocycles. The SMILES string of the molecule is Cc1nc(=O)n(CCc2nccs2)c(C)c1CC(=O)O. The molecule has 2 rings (SSSR count). The van der Waals surface area contributed by atoms with E-state index in [0.29, 0.717) is 29.9 Å². The molecule has 0 aliphatic heterocycles. The summed E-state index contributed by atoms with van der Waals surface area (Å²) < 4.78 is 1.52. The Balaban J connectivity index is 2.32. The van der Waals surface area contributed by atoms with Gasteiger partial charge < -0.3 is 5.11 Å². The number of nitrogens with zero attached hydrogens (tertiary/aromatic N) is 3. The Morgan fingerprint density at radius 2 is 2.20 bits per heavy atom. The van der Waals surface area contributed by atoms with Crippen molar-refractivity contribution in [2.24, 2.45) is 0 Å². The molecule has 0 amide bonds. The van der Waals surface area contributed by atoms with Crippen molar-refractivity contribution in [3.05, 3.63) is 44.0 Å². The van der Waals surface area contributed by atoms with E-state index in [1.807, 2.05) is 5.38 Å². The molecule has 2 heterocycles. The minimum absolute atomic E-state index is 0.123. The van der Waals surface area contributed by atoms with Crippen molar-refractivity contribution in [3.8, 4) is 0 Å². The van der Waals surface area contributed by atoms with Crippen LogP contribution in [0, 0.1) is 13.8 Å². The second kappa shape index (κ2) is 5.96. The molecule has 0 aliphatic rings. The lowest BCUT2D eigenvalue weighted by molar-refractivity contribution is -0.136. The summed E-state index contributed by atoms with van der Waals surface area (Å²) in [5, 5.41) is 11.8. The second-order valence-corrected chi connectivity index (χ2v) is 5.42. The van der Waals surface area contributed by atoms with Gasteiger partial charge in [0.15, 0.2) is 0 Å². The average molecular weight is 293 g/mol. The Hall–Kier alpha value is -2.02. The van der Waals surface area contributed by atoms with Gasteiger partial charge in [0.1, 0.15) is 0 Å². The molecule has 1 N–H and O–H groups in total. The predicted octanol–water partition coefficient (Wildman–Crippen LogP) is 1.19. The van der Waals surface area contributed by atoms with E-state index in [0.717, 1.165) is 5.01 Å². The number of hydrogen-bond donors (Lipinski definition) is 1. The van der Waals surface area contributed by atoms with Gasteiger partial charge in [-0.15, -0.1) is 11.3 Å². The third-order valence-corrected chi connectivity index (χ3v) is 3.97.